The van der Waals surface area contributed by atoms with E-state index in [1.54, 1.807) is 19.3 Å². The van der Waals surface area contributed by atoms with Crippen LogP contribution in [0.1, 0.15) is 72.3 Å². The number of esters is 1. The Bertz CT molecular complexity index is 1650. The zero-order chi connectivity index (χ0) is 42.7. The van der Waals surface area contributed by atoms with E-state index in [0.29, 0.717) is 19.4 Å². The number of benzene rings is 2. The average molecular weight is 777 g/mol. The summed E-state index contributed by atoms with van der Waals surface area (Å²) >= 11 is 0. The summed E-state index contributed by atoms with van der Waals surface area (Å²) in [4.78, 5) is 24.8. The Hall–Kier alpha value is -5.82. The van der Waals surface area contributed by atoms with Gasteiger partial charge in [-0.3, -0.25) is 4.79 Å². The van der Waals surface area contributed by atoms with Crippen molar-refractivity contribution < 1.29 is 23.8 Å². The van der Waals surface area contributed by atoms with Gasteiger partial charge in [-0.1, -0.05) is 149 Å². The highest BCUT2D eigenvalue weighted by Gasteiger charge is 2.25. The lowest BCUT2D eigenvalue weighted by Gasteiger charge is -2.25. The number of amides is 1. The molecule has 7 heteroatoms. The van der Waals surface area contributed by atoms with Gasteiger partial charge in [0.15, 0.2) is 0 Å². The normalized spacial score (nSPS) is 12.4. The summed E-state index contributed by atoms with van der Waals surface area (Å²) < 4.78 is 15.7. The molecule has 2 rings (SSSR count). The van der Waals surface area contributed by atoms with E-state index in [4.69, 9.17) is 14.2 Å². The molecule has 0 fully saturated rings. The molecule has 0 saturated carbocycles. The quantitative estimate of drug-likeness (QED) is 0.0422. The number of nitrogens with one attached hydrogen (secondary N) is 1. The lowest BCUT2D eigenvalue weighted by atomic mass is 9.87. The van der Waals surface area contributed by atoms with Gasteiger partial charge in [-0.25, -0.2) is 4.79 Å². The van der Waals surface area contributed by atoms with Crippen molar-refractivity contribution >= 4 is 12.4 Å². The third kappa shape index (κ3) is 25.1. The molecule has 0 heterocycles. The van der Waals surface area contributed by atoms with Crippen LogP contribution in [0.15, 0.2) is 176 Å². The second kappa shape index (κ2) is 32.4. The molecule has 0 saturated heterocycles. The van der Waals surface area contributed by atoms with Crippen LogP contribution in [-0.2, 0) is 19.7 Å². The third-order valence-corrected chi connectivity index (χ3v) is 8.08. The first-order chi connectivity index (χ1) is 27.4. The van der Waals surface area contributed by atoms with Crippen molar-refractivity contribution in [1.82, 2.24) is 10.2 Å². The van der Waals surface area contributed by atoms with Crippen LogP contribution < -0.4 is 14.8 Å². The molecule has 0 aliphatic heterocycles. The van der Waals surface area contributed by atoms with Crippen LogP contribution in [0.4, 0.5) is 0 Å². The summed E-state index contributed by atoms with van der Waals surface area (Å²) in [5.74, 6) is 2.09. The van der Waals surface area contributed by atoms with Gasteiger partial charge < -0.3 is 24.4 Å². The Kier molecular flexibility index (Phi) is 29.1. The number of rotatable bonds is 22. The maximum atomic E-state index is 12.0. The van der Waals surface area contributed by atoms with E-state index in [2.05, 4.69) is 83.1 Å². The van der Waals surface area contributed by atoms with Crippen molar-refractivity contribution in [2.24, 2.45) is 0 Å². The highest BCUT2D eigenvalue weighted by atomic mass is 16.5. The predicted molar refractivity (Wildman–Crippen MR) is 242 cm³/mol. The molecule has 2 aromatic rings. The zero-order valence-electron chi connectivity index (χ0n) is 35.8. The predicted octanol–water partition coefficient (Wildman–Crippen LogP) is 11.7. The molecule has 2 aromatic carbocycles. The summed E-state index contributed by atoms with van der Waals surface area (Å²) in [5.41, 5.74) is 3.61. The van der Waals surface area contributed by atoms with Gasteiger partial charge in [-0.2, -0.15) is 0 Å². The highest BCUT2D eigenvalue weighted by molar-refractivity contribution is 5.78. The zero-order valence-corrected chi connectivity index (χ0v) is 35.8. The molecule has 0 radical (unpaired) electrons. The van der Waals surface area contributed by atoms with Gasteiger partial charge >= 0.3 is 5.97 Å². The topological polar surface area (TPSA) is 77.1 Å². The standard InChI is InChI=1S/C23H33NO.C20H27NO3.C7H8O/c1-7-19(12-10-18-24-6)11-9-13-21(8-2)25-22-16-14-20(15-17-22)23(3,4)5;1-5-7-9-10-11-13-15-21(17-22)19(20(23)24-4)16-18(3)14-12-8-6-2;1-8-7-5-3-2-4-6-7/h8,10-11,13-18,24H,2,7,9,12H2,1,3-6H3;5-6,8-14,17,19H,1,3,7,15-16H2,2,4H3;2-6H,1H3/b18-10-,19-11+,21-13+;8-6-,10-9-,13-11-,14-12-;/t;19-;/m.0./s1. The number of nitrogens with zero attached hydrogens (tertiary/aromatic N) is 1. The van der Waals surface area contributed by atoms with E-state index in [-0.39, 0.29) is 5.41 Å². The number of carbonyl (C=O) groups excluding carboxylic acids is 2. The number of allylic oxidation sites excluding steroid dienone is 13. The maximum Gasteiger partial charge on any atom is 0.328 e. The molecule has 0 spiro atoms. The van der Waals surface area contributed by atoms with E-state index in [9.17, 15) is 9.59 Å². The minimum Gasteiger partial charge on any atom is -0.497 e. The van der Waals surface area contributed by atoms with Gasteiger partial charge in [-0.05, 0) is 86.2 Å². The van der Waals surface area contributed by atoms with E-state index in [1.807, 2.05) is 111 Å². The molecular weight excluding hydrogens is 709 g/mol. The van der Waals surface area contributed by atoms with Gasteiger partial charge in [0, 0.05) is 20.0 Å². The summed E-state index contributed by atoms with van der Waals surface area (Å²) in [6.07, 6.45) is 31.5. The second-order valence-corrected chi connectivity index (χ2v) is 13.5. The minimum atomic E-state index is -0.697. The van der Waals surface area contributed by atoms with Crippen LogP contribution in [0, 0.1) is 0 Å². The van der Waals surface area contributed by atoms with E-state index in [1.165, 1.54) is 23.1 Å². The largest absolute Gasteiger partial charge is 0.497 e. The average Bonchev–Trinajstić information content (AvgIpc) is 3.22. The first kappa shape index (κ1) is 51.2. The molecule has 1 atom stereocenters. The fourth-order valence-corrected chi connectivity index (χ4v) is 4.77. The van der Waals surface area contributed by atoms with Crippen molar-refractivity contribution in [3.63, 3.8) is 0 Å². The maximum absolute atomic E-state index is 12.0. The van der Waals surface area contributed by atoms with Crippen molar-refractivity contribution in [3.8, 4) is 11.5 Å². The molecule has 0 aliphatic rings. The number of carbonyl (C=O) groups is 2. The Morgan fingerprint density at radius 2 is 1.58 bits per heavy atom. The van der Waals surface area contributed by atoms with Crippen LogP contribution in [0.25, 0.3) is 0 Å². The second-order valence-electron chi connectivity index (χ2n) is 13.5. The van der Waals surface area contributed by atoms with Crippen LogP contribution in [0.2, 0.25) is 0 Å². The number of hydrogen-bond donors (Lipinski definition) is 1. The van der Waals surface area contributed by atoms with Crippen LogP contribution in [0.3, 0.4) is 0 Å². The van der Waals surface area contributed by atoms with E-state index >= 15 is 0 Å². The molecule has 0 aromatic heterocycles. The number of methoxy groups -OCH3 is 2. The Morgan fingerprint density at radius 3 is 2.11 bits per heavy atom. The molecule has 1 amide bonds. The lowest BCUT2D eigenvalue weighted by Crippen LogP contribution is -2.41. The van der Waals surface area contributed by atoms with Gasteiger partial charge in [0.1, 0.15) is 23.3 Å². The van der Waals surface area contributed by atoms with Gasteiger partial charge in [0.2, 0.25) is 6.41 Å². The van der Waals surface area contributed by atoms with Gasteiger partial charge in [-0.15, -0.1) is 6.58 Å². The minimum absolute atomic E-state index is 0.152. The molecule has 0 bridgehead atoms. The van der Waals surface area contributed by atoms with E-state index in [0.717, 1.165) is 48.5 Å². The molecule has 0 aliphatic carbocycles. The van der Waals surface area contributed by atoms with Crippen LogP contribution in [0.5, 0.6) is 11.5 Å². The smallest absolute Gasteiger partial charge is 0.328 e. The fourth-order valence-electron chi connectivity index (χ4n) is 4.77. The summed E-state index contributed by atoms with van der Waals surface area (Å²) in [6.45, 7) is 22.4. The van der Waals surface area contributed by atoms with Gasteiger partial charge in [0.05, 0.1) is 14.2 Å². The summed E-state index contributed by atoms with van der Waals surface area (Å²) in [5, 5.41) is 3.02. The first-order valence-corrected chi connectivity index (χ1v) is 19.3. The van der Waals surface area contributed by atoms with Crippen LogP contribution in [-0.4, -0.2) is 51.1 Å². The Morgan fingerprint density at radius 1 is 0.895 bits per heavy atom. The van der Waals surface area contributed by atoms with Gasteiger partial charge in [0.25, 0.3) is 0 Å². The van der Waals surface area contributed by atoms with E-state index < -0.39 is 12.0 Å². The SMILES string of the molecule is C=C/C(=C\C/C=C(\CC)C/C=C\NC)Oc1ccc(C(C)(C)C)cc1.C=CC/C=C\C=C/CN(C=O)[C@@H](CC(=C)/C=C\C=C/C)C(=O)OC.COc1ccccc1. The molecule has 57 heavy (non-hydrogen) atoms. The first-order valence-electron chi connectivity index (χ1n) is 19.3. The molecule has 0 unspecified atom stereocenters. The highest BCUT2D eigenvalue weighted by Crippen LogP contribution is 2.25. The van der Waals surface area contributed by atoms with Crippen molar-refractivity contribution in [3.05, 3.63) is 182 Å². The van der Waals surface area contributed by atoms with Crippen LogP contribution >= 0.6 is 0 Å². The number of ether oxygens (including phenoxy) is 3. The monoisotopic (exact) mass is 777 g/mol. The summed E-state index contributed by atoms with van der Waals surface area (Å²) in [7, 11) is 4.89. The summed E-state index contributed by atoms with van der Waals surface area (Å²) in [6, 6.07) is 17.3. The molecular formula is C50H68N2O5. The third-order valence-electron chi connectivity index (χ3n) is 8.08. The molecule has 308 valence electrons. The Balaban J connectivity index is 0.000000919. The molecule has 1 N–H and O–H groups in total. The lowest BCUT2D eigenvalue weighted by molar-refractivity contribution is -0.149. The Labute approximate surface area is 344 Å². The number of para-hydroxylation sites is 1. The fraction of sp³-hybridized carbons (Fsp3) is 0.320. The van der Waals surface area contributed by atoms with Crippen molar-refractivity contribution in [2.75, 3.05) is 27.8 Å². The number of hydrogen-bond acceptors (Lipinski definition) is 6. The van der Waals surface area contributed by atoms with Crippen molar-refractivity contribution in [2.45, 2.75) is 78.2 Å². The molecule has 7 nitrogen and oxygen atoms in total. The van der Waals surface area contributed by atoms with Crippen molar-refractivity contribution in [1.29, 1.82) is 0 Å².